The van der Waals surface area contributed by atoms with Gasteiger partial charge >= 0.3 is 0 Å². The van der Waals surface area contributed by atoms with Gasteiger partial charge in [0.2, 0.25) is 16.8 Å². The molecular formula is C11H15ClF2N2O4S. The van der Waals surface area contributed by atoms with E-state index >= 15 is 0 Å². The molecule has 0 aliphatic carbocycles. The van der Waals surface area contributed by atoms with E-state index < -0.39 is 29.0 Å². The maximum atomic E-state index is 13.0. The van der Waals surface area contributed by atoms with Crippen LogP contribution in [-0.2, 0) is 10.0 Å². The van der Waals surface area contributed by atoms with Crippen molar-refractivity contribution in [3.05, 3.63) is 17.7 Å². The topological polar surface area (TPSA) is 90.7 Å². The first-order valence-corrected chi connectivity index (χ1v) is 7.21. The van der Waals surface area contributed by atoms with Crippen molar-refractivity contribution in [2.24, 2.45) is 5.73 Å². The minimum atomic E-state index is -4.08. The second-order valence-electron chi connectivity index (χ2n) is 4.36. The van der Waals surface area contributed by atoms with Gasteiger partial charge in [-0.05, 0) is 18.6 Å². The quantitative estimate of drug-likeness (QED) is 0.832. The Bertz CT molecular complexity index is 625. The van der Waals surface area contributed by atoms with Crippen molar-refractivity contribution < 1.29 is 26.7 Å². The number of fused-ring (bicyclic) bond motifs is 1. The fourth-order valence-corrected chi connectivity index (χ4v) is 2.97. The number of halogens is 3. The third kappa shape index (κ3) is 3.94. The first-order valence-electron chi connectivity index (χ1n) is 5.73. The van der Waals surface area contributed by atoms with Crippen LogP contribution in [0.1, 0.15) is 5.56 Å². The zero-order valence-electron chi connectivity index (χ0n) is 11.1. The zero-order chi connectivity index (χ0) is 15.0. The van der Waals surface area contributed by atoms with Gasteiger partial charge in [0.25, 0.3) is 5.92 Å². The van der Waals surface area contributed by atoms with Gasteiger partial charge in [0.15, 0.2) is 11.5 Å². The zero-order valence-corrected chi connectivity index (χ0v) is 12.7. The summed E-state index contributed by atoms with van der Waals surface area (Å²) < 4.78 is 62.1. The highest BCUT2D eigenvalue weighted by atomic mass is 35.5. The van der Waals surface area contributed by atoms with Gasteiger partial charge in [0.1, 0.15) is 0 Å². The summed E-state index contributed by atoms with van der Waals surface area (Å²) in [5.74, 6) is -2.60. The number of alkyl halides is 2. The summed E-state index contributed by atoms with van der Waals surface area (Å²) in [7, 11) is -4.08. The predicted molar refractivity (Wildman–Crippen MR) is 73.7 cm³/mol. The summed E-state index contributed by atoms with van der Waals surface area (Å²) >= 11 is 0. The van der Waals surface area contributed by atoms with E-state index in [9.17, 15) is 17.2 Å². The third-order valence-corrected chi connectivity index (χ3v) is 4.32. The lowest BCUT2D eigenvalue weighted by Gasteiger charge is -2.15. The smallest absolute Gasteiger partial charge is 0.273 e. The van der Waals surface area contributed by atoms with Crippen molar-refractivity contribution in [3.8, 4) is 11.5 Å². The summed E-state index contributed by atoms with van der Waals surface area (Å²) in [5.41, 5.74) is 5.23. The Kier molecular flexibility index (Phi) is 5.37. The van der Waals surface area contributed by atoms with E-state index in [1.54, 1.807) is 0 Å². The van der Waals surface area contributed by atoms with Crippen molar-refractivity contribution in [2.45, 2.75) is 17.7 Å². The molecular weight excluding hydrogens is 330 g/mol. The molecule has 0 atom stereocenters. The van der Waals surface area contributed by atoms with Crippen LogP contribution >= 0.6 is 12.4 Å². The third-order valence-electron chi connectivity index (χ3n) is 2.78. The van der Waals surface area contributed by atoms with Crippen molar-refractivity contribution in [3.63, 3.8) is 0 Å². The Hall–Kier alpha value is -1.16. The van der Waals surface area contributed by atoms with Gasteiger partial charge in [-0.2, -0.15) is 0 Å². The normalized spacial score (nSPS) is 13.9. The number of hydrogen-bond acceptors (Lipinski definition) is 5. The molecule has 120 valence electrons. The molecule has 3 N–H and O–H groups in total. The van der Waals surface area contributed by atoms with E-state index in [4.69, 9.17) is 15.2 Å². The van der Waals surface area contributed by atoms with E-state index in [2.05, 4.69) is 0 Å². The molecule has 2 rings (SSSR count). The van der Waals surface area contributed by atoms with Crippen LogP contribution in [0, 0.1) is 6.92 Å². The molecule has 6 nitrogen and oxygen atoms in total. The summed E-state index contributed by atoms with van der Waals surface area (Å²) in [4.78, 5) is -0.130. The second kappa shape index (κ2) is 6.30. The molecule has 0 saturated carbocycles. The molecule has 0 spiro atoms. The molecule has 0 saturated heterocycles. The average Bonchev–Trinajstić information content (AvgIpc) is 2.83. The van der Waals surface area contributed by atoms with Gasteiger partial charge in [-0.3, -0.25) is 0 Å². The van der Waals surface area contributed by atoms with Crippen LogP contribution in [0.25, 0.3) is 0 Å². The van der Waals surface area contributed by atoms with Gasteiger partial charge in [0, 0.05) is 6.07 Å². The summed E-state index contributed by atoms with van der Waals surface area (Å²) in [6.07, 6.45) is 0. The molecule has 1 aromatic rings. The van der Waals surface area contributed by atoms with Crippen LogP contribution in [0.15, 0.2) is 17.0 Å². The minimum absolute atomic E-state index is 0. The lowest BCUT2D eigenvalue weighted by Crippen LogP contribution is -2.41. The van der Waals surface area contributed by atoms with Crippen molar-refractivity contribution in [1.82, 2.24) is 4.72 Å². The first-order chi connectivity index (χ1) is 9.25. The molecule has 0 fully saturated rings. The van der Waals surface area contributed by atoms with Gasteiger partial charge in [-0.15, -0.1) is 12.4 Å². The number of nitrogens with one attached hydrogen (secondary N) is 1. The lowest BCUT2D eigenvalue weighted by molar-refractivity contribution is 0.0170. The van der Waals surface area contributed by atoms with Crippen LogP contribution < -0.4 is 19.9 Å². The number of sulfonamides is 1. The average molecular weight is 345 g/mol. The fraction of sp³-hybridized carbons (Fsp3) is 0.455. The van der Waals surface area contributed by atoms with E-state index in [0.717, 1.165) is 0 Å². The molecule has 10 heteroatoms. The SMILES string of the molecule is Cc1cc2c(cc1S(=O)(=O)NCC(F)(F)CN)OCO2.Cl. The molecule has 1 heterocycles. The predicted octanol–water partition coefficient (Wildman–Crippen LogP) is 1.02. The van der Waals surface area contributed by atoms with Crippen molar-refractivity contribution in [2.75, 3.05) is 19.9 Å². The Morgan fingerprint density at radius 2 is 1.90 bits per heavy atom. The highest BCUT2D eigenvalue weighted by molar-refractivity contribution is 7.89. The Morgan fingerprint density at radius 1 is 1.33 bits per heavy atom. The molecule has 0 aromatic heterocycles. The van der Waals surface area contributed by atoms with E-state index in [-0.39, 0.29) is 29.8 Å². The van der Waals surface area contributed by atoms with Crippen LogP contribution in [0.3, 0.4) is 0 Å². The van der Waals surface area contributed by atoms with Gasteiger partial charge < -0.3 is 15.2 Å². The number of nitrogens with two attached hydrogens (primary N) is 1. The minimum Gasteiger partial charge on any atom is -0.454 e. The largest absolute Gasteiger partial charge is 0.454 e. The molecule has 1 aliphatic heterocycles. The number of ether oxygens (including phenoxy) is 2. The van der Waals surface area contributed by atoms with E-state index in [0.29, 0.717) is 11.3 Å². The molecule has 1 aromatic carbocycles. The molecule has 0 radical (unpaired) electrons. The summed E-state index contributed by atoms with van der Waals surface area (Å²) in [5, 5.41) is 0. The standard InChI is InChI=1S/C11H14F2N2O4S.ClH/c1-7-2-8-9(19-6-18-8)3-10(7)20(16,17)15-5-11(12,13)4-14;/h2-3,15H,4-6,14H2,1H3;1H. The number of rotatable bonds is 5. The molecule has 21 heavy (non-hydrogen) atoms. The van der Waals surface area contributed by atoms with Crippen LogP contribution in [0.4, 0.5) is 8.78 Å². The highest BCUT2D eigenvalue weighted by Crippen LogP contribution is 2.36. The van der Waals surface area contributed by atoms with Crippen molar-refractivity contribution >= 4 is 22.4 Å². The molecule has 0 amide bonds. The van der Waals surface area contributed by atoms with Crippen LogP contribution in [0.2, 0.25) is 0 Å². The number of benzene rings is 1. The lowest BCUT2D eigenvalue weighted by atomic mass is 10.2. The van der Waals surface area contributed by atoms with E-state index in [1.807, 2.05) is 4.72 Å². The van der Waals surface area contributed by atoms with E-state index in [1.165, 1.54) is 19.1 Å². The summed E-state index contributed by atoms with van der Waals surface area (Å²) in [6.45, 7) is -0.454. The van der Waals surface area contributed by atoms with Gasteiger partial charge in [-0.1, -0.05) is 0 Å². The molecule has 0 unspecified atom stereocenters. The Labute approximate surface area is 127 Å². The maximum absolute atomic E-state index is 13.0. The Morgan fingerprint density at radius 3 is 2.48 bits per heavy atom. The van der Waals surface area contributed by atoms with Gasteiger partial charge in [0.05, 0.1) is 18.0 Å². The monoisotopic (exact) mass is 344 g/mol. The number of aryl methyl sites for hydroxylation is 1. The first kappa shape index (κ1) is 17.9. The van der Waals surface area contributed by atoms with Crippen LogP contribution in [-0.4, -0.2) is 34.2 Å². The number of hydrogen-bond donors (Lipinski definition) is 2. The Balaban J connectivity index is 0.00000220. The molecule has 0 bridgehead atoms. The fourth-order valence-electron chi connectivity index (χ4n) is 1.66. The summed E-state index contributed by atoms with van der Waals surface area (Å²) in [6, 6.07) is 2.73. The van der Waals surface area contributed by atoms with Crippen molar-refractivity contribution in [1.29, 1.82) is 0 Å². The van der Waals surface area contributed by atoms with Gasteiger partial charge in [-0.25, -0.2) is 21.9 Å². The maximum Gasteiger partial charge on any atom is 0.273 e. The second-order valence-corrected chi connectivity index (χ2v) is 6.09. The highest BCUT2D eigenvalue weighted by Gasteiger charge is 2.30. The molecule has 1 aliphatic rings. The van der Waals surface area contributed by atoms with Crippen LogP contribution in [0.5, 0.6) is 11.5 Å².